The van der Waals surface area contributed by atoms with Gasteiger partial charge in [-0.05, 0) is 24.6 Å². The molecule has 0 radical (unpaired) electrons. The molecule has 1 amide bonds. The predicted octanol–water partition coefficient (Wildman–Crippen LogP) is 2.19. The number of hydrogen-bond donors (Lipinski definition) is 2. The van der Waals surface area contributed by atoms with Crippen molar-refractivity contribution in [3.8, 4) is 17.2 Å². The molecule has 1 fully saturated rings. The van der Waals surface area contributed by atoms with Crippen LogP contribution in [0.5, 0.6) is 5.75 Å². The summed E-state index contributed by atoms with van der Waals surface area (Å²) in [6, 6.07) is 7.58. The fourth-order valence-electron chi connectivity index (χ4n) is 2.64. The Morgan fingerprint density at radius 3 is 3.04 bits per heavy atom. The number of piperazine rings is 1. The molecule has 0 saturated carbocycles. The van der Waals surface area contributed by atoms with Crippen LogP contribution in [0.25, 0.3) is 11.5 Å². The van der Waals surface area contributed by atoms with Gasteiger partial charge in [-0.2, -0.15) is 0 Å². The molecule has 0 unspecified atom stereocenters. The summed E-state index contributed by atoms with van der Waals surface area (Å²) >= 11 is 0. The molecule has 1 saturated heterocycles. The van der Waals surface area contributed by atoms with Gasteiger partial charge in [0, 0.05) is 38.2 Å². The summed E-state index contributed by atoms with van der Waals surface area (Å²) in [4.78, 5) is 12.4. The van der Waals surface area contributed by atoms with Crippen molar-refractivity contribution in [3.05, 3.63) is 30.2 Å². The van der Waals surface area contributed by atoms with Crippen molar-refractivity contribution in [1.82, 2.24) is 20.4 Å². The van der Waals surface area contributed by atoms with E-state index < -0.39 is 6.09 Å². The van der Waals surface area contributed by atoms with E-state index in [9.17, 15) is 4.79 Å². The van der Waals surface area contributed by atoms with Gasteiger partial charge < -0.3 is 24.5 Å². The first kappa shape index (κ1) is 19.0. The lowest BCUT2D eigenvalue weighted by Crippen LogP contribution is -2.52. The topological polar surface area (TPSA) is 101 Å². The molecular formula is C16H21ClN4O4. The van der Waals surface area contributed by atoms with Crippen LogP contribution in [0.2, 0.25) is 0 Å². The maximum atomic E-state index is 11.0. The molecule has 2 aromatic rings. The maximum absolute atomic E-state index is 11.0. The molecule has 0 spiro atoms. The zero-order chi connectivity index (χ0) is 16.9. The summed E-state index contributed by atoms with van der Waals surface area (Å²) in [5.74, 6) is 1.70. The summed E-state index contributed by atoms with van der Waals surface area (Å²) in [6.07, 6.45) is -0.141. The van der Waals surface area contributed by atoms with Gasteiger partial charge in [0.05, 0.1) is 6.61 Å². The third-order valence-electron chi connectivity index (χ3n) is 3.87. The number of aryl methyl sites for hydroxylation is 1. The predicted molar refractivity (Wildman–Crippen MR) is 93.2 cm³/mol. The highest BCUT2D eigenvalue weighted by Crippen LogP contribution is 2.22. The van der Waals surface area contributed by atoms with Crippen molar-refractivity contribution in [1.29, 1.82) is 0 Å². The Bertz CT molecular complexity index is 709. The van der Waals surface area contributed by atoms with Crippen LogP contribution in [-0.4, -0.2) is 58.6 Å². The Labute approximate surface area is 151 Å². The Kier molecular flexibility index (Phi) is 6.60. The molecule has 1 aromatic heterocycles. The summed E-state index contributed by atoms with van der Waals surface area (Å²) in [7, 11) is 0. The van der Waals surface area contributed by atoms with Gasteiger partial charge in [-0.1, -0.05) is 6.07 Å². The van der Waals surface area contributed by atoms with Crippen LogP contribution in [0, 0.1) is 6.92 Å². The average molecular weight is 369 g/mol. The van der Waals surface area contributed by atoms with Crippen LogP contribution in [0.4, 0.5) is 4.79 Å². The van der Waals surface area contributed by atoms with Crippen molar-refractivity contribution in [2.75, 3.05) is 26.2 Å². The SMILES string of the molecule is Cc1nnc(-c2cccc(OCC[C@@H]3CN(C(=O)O)CCN3)c2)o1.Cl. The van der Waals surface area contributed by atoms with Crippen molar-refractivity contribution in [3.63, 3.8) is 0 Å². The van der Waals surface area contributed by atoms with Crippen LogP contribution in [-0.2, 0) is 0 Å². The highest BCUT2D eigenvalue weighted by atomic mass is 35.5. The zero-order valence-corrected chi connectivity index (χ0v) is 14.7. The molecular weight excluding hydrogens is 348 g/mol. The number of nitrogens with zero attached hydrogens (tertiary/aromatic N) is 3. The maximum Gasteiger partial charge on any atom is 0.407 e. The number of hydrogen-bond acceptors (Lipinski definition) is 6. The first-order valence-electron chi connectivity index (χ1n) is 7.86. The number of aromatic nitrogens is 2. The molecule has 0 bridgehead atoms. The van der Waals surface area contributed by atoms with E-state index in [0.29, 0.717) is 43.8 Å². The van der Waals surface area contributed by atoms with Crippen molar-refractivity contribution in [2.45, 2.75) is 19.4 Å². The Morgan fingerprint density at radius 2 is 2.32 bits per heavy atom. The molecule has 0 aliphatic carbocycles. The summed E-state index contributed by atoms with van der Waals surface area (Å²) < 4.78 is 11.2. The van der Waals surface area contributed by atoms with Gasteiger partial charge in [0.1, 0.15) is 5.75 Å². The zero-order valence-electron chi connectivity index (χ0n) is 13.8. The van der Waals surface area contributed by atoms with E-state index in [0.717, 1.165) is 12.0 Å². The number of nitrogens with one attached hydrogen (secondary N) is 1. The number of benzene rings is 1. The minimum atomic E-state index is -0.870. The molecule has 2 heterocycles. The standard InChI is InChI=1S/C16H20N4O4.ClH/c1-11-18-19-15(24-11)12-3-2-4-14(9-12)23-8-5-13-10-20(16(21)22)7-6-17-13;/h2-4,9,13,17H,5-8,10H2,1H3,(H,21,22);1H/t13-;/m1./s1. The summed E-state index contributed by atoms with van der Waals surface area (Å²) in [5, 5.41) is 20.2. The van der Waals surface area contributed by atoms with E-state index in [-0.39, 0.29) is 18.4 Å². The molecule has 9 heteroatoms. The number of rotatable bonds is 5. The normalized spacial score (nSPS) is 17.0. The van der Waals surface area contributed by atoms with Gasteiger partial charge in [0.2, 0.25) is 11.8 Å². The number of ether oxygens (including phenoxy) is 1. The van der Waals surface area contributed by atoms with Crippen LogP contribution in [0.3, 0.4) is 0 Å². The van der Waals surface area contributed by atoms with Crippen molar-refractivity contribution in [2.24, 2.45) is 0 Å². The quantitative estimate of drug-likeness (QED) is 0.834. The lowest BCUT2D eigenvalue weighted by Gasteiger charge is -2.31. The fraction of sp³-hybridized carbons (Fsp3) is 0.438. The second kappa shape index (κ2) is 8.68. The van der Waals surface area contributed by atoms with Gasteiger partial charge >= 0.3 is 6.09 Å². The van der Waals surface area contributed by atoms with E-state index in [1.54, 1.807) is 6.92 Å². The number of carbonyl (C=O) groups is 1. The number of halogens is 1. The van der Waals surface area contributed by atoms with Crippen LogP contribution in [0.1, 0.15) is 12.3 Å². The lowest BCUT2D eigenvalue weighted by atomic mass is 10.1. The molecule has 3 rings (SSSR count). The minimum absolute atomic E-state index is 0. The highest BCUT2D eigenvalue weighted by molar-refractivity contribution is 5.85. The van der Waals surface area contributed by atoms with Gasteiger partial charge in [-0.3, -0.25) is 0 Å². The smallest absolute Gasteiger partial charge is 0.407 e. The number of amides is 1. The molecule has 1 aliphatic heterocycles. The molecule has 2 N–H and O–H groups in total. The largest absolute Gasteiger partial charge is 0.494 e. The van der Waals surface area contributed by atoms with Crippen LogP contribution < -0.4 is 10.1 Å². The van der Waals surface area contributed by atoms with Gasteiger partial charge in [-0.25, -0.2) is 4.79 Å². The monoisotopic (exact) mass is 368 g/mol. The Hall–Kier alpha value is -2.32. The third-order valence-corrected chi connectivity index (χ3v) is 3.87. The van der Waals surface area contributed by atoms with Crippen LogP contribution in [0.15, 0.2) is 28.7 Å². The first-order chi connectivity index (χ1) is 11.6. The summed E-state index contributed by atoms with van der Waals surface area (Å²) in [5.41, 5.74) is 0.806. The molecule has 1 atom stereocenters. The molecule has 136 valence electrons. The van der Waals surface area contributed by atoms with E-state index in [1.165, 1.54) is 4.90 Å². The van der Waals surface area contributed by atoms with E-state index in [1.807, 2.05) is 24.3 Å². The van der Waals surface area contributed by atoms with Gasteiger partial charge in [0.15, 0.2) is 0 Å². The summed E-state index contributed by atoms with van der Waals surface area (Å²) in [6.45, 7) is 3.92. The number of carboxylic acid groups (broad SMARTS) is 1. The molecule has 1 aromatic carbocycles. The average Bonchev–Trinajstić information content (AvgIpc) is 3.02. The minimum Gasteiger partial charge on any atom is -0.494 e. The van der Waals surface area contributed by atoms with Gasteiger partial charge in [-0.15, -0.1) is 22.6 Å². The van der Waals surface area contributed by atoms with E-state index in [4.69, 9.17) is 14.3 Å². The Balaban J connectivity index is 0.00000225. The van der Waals surface area contributed by atoms with E-state index >= 15 is 0 Å². The highest BCUT2D eigenvalue weighted by Gasteiger charge is 2.22. The fourth-order valence-corrected chi connectivity index (χ4v) is 2.64. The second-order valence-electron chi connectivity index (χ2n) is 5.67. The second-order valence-corrected chi connectivity index (χ2v) is 5.67. The molecule has 25 heavy (non-hydrogen) atoms. The lowest BCUT2D eigenvalue weighted by molar-refractivity contribution is 0.124. The van der Waals surface area contributed by atoms with Crippen molar-refractivity contribution < 1.29 is 19.1 Å². The molecule has 1 aliphatic rings. The Morgan fingerprint density at radius 1 is 1.48 bits per heavy atom. The van der Waals surface area contributed by atoms with E-state index in [2.05, 4.69) is 15.5 Å². The third kappa shape index (κ3) is 5.07. The van der Waals surface area contributed by atoms with Crippen LogP contribution >= 0.6 is 12.4 Å². The van der Waals surface area contributed by atoms with Crippen molar-refractivity contribution >= 4 is 18.5 Å². The van der Waals surface area contributed by atoms with Gasteiger partial charge in [0.25, 0.3) is 0 Å². The first-order valence-corrected chi connectivity index (χ1v) is 7.86. The molecule has 8 nitrogen and oxygen atoms in total.